The zero-order valence-corrected chi connectivity index (χ0v) is 17.8. The number of rotatable bonds is 2. The van der Waals surface area contributed by atoms with Crippen molar-refractivity contribution in [2.75, 3.05) is 13.1 Å². The number of amides is 3. The topological polar surface area (TPSA) is 72.9 Å². The Hall–Kier alpha value is -3.02. The summed E-state index contributed by atoms with van der Waals surface area (Å²) in [6, 6.07) is 15.0. The number of carbonyl (C=O) groups excluding carboxylic acids is 2. The molecule has 3 heterocycles. The maximum atomic E-state index is 13.4. The third kappa shape index (κ3) is 3.54. The van der Waals surface area contributed by atoms with Crippen molar-refractivity contribution < 1.29 is 14.7 Å². The number of piperidine rings is 2. The van der Waals surface area contributed by atoms with Crippen molar-refractivity contribution >= 4 is 11.9 Å². The number of hydrogen-bond acceptors (Lipinski definition) is 3. The van der Waals surface area contributed by atoms with E-state index in [4.69, 9.17) is 0 Å². The highest BCUT2D eigenvalue weighted by Gasteiger charge is 2.48. The lowest BCUT2D eigenvalue weighted by Crippen LogP contribution is -2.61. The number of phenols is 1. The fourth-order valence-electron chi connectivity index (χ4n) is 5.65. The number of phenolic OH excluding ortho intramolecular Hbond substituents is 1. The second kappa shape index (κ2) is 7.91. The molecule has 0 unspecified atom stereocenters. The number of benzene rings is 2. The van der Waals surface area contributed by atoms with Gasteiger partial charge < -0.3 is 20.2 Å². The second-order valence-electron chi connectivity index (χ2n) is 9.01. The van der Waals surface area contributed by atoms with Crippen LogP contribution in [0.5, 0.6) is 5.75 Å². The minimum Gasteiger partial charge on any atom is -0.508 e. The first-order valence-corrected chi connectivity index (χ1v) is 11.3. The molecule has 2 N–H and O–H groups in total. The lowest BCUT2D eigenvalue weighted by Gasteiger charge is -2.51. The molecule has 2 aromatic rings. The lowest BCUT2D eigenvalue weighted by atomic mass is 9.76. The normalized spacial score (nSPS) is 25.8. The molecule has 4 atom stereocenters. The Kier molecular flexibility index (Phi) is 5.08. The third-order valence-corrected chi connectivity index (χ3v) is 7.23. The van der Waals surface area contributed by atoms with Crippen molar-refractivity contribution in [2.45, 2.75) is 50.7 Å². The van der Waals surface area contributed by atoms with Crippen LogP contribution < -0.4 is 5.32 Å². The van der Waals surface area contributed by atoms with Crippen LogP contribution in [0.3, 0.4) is 0 Å². The van der Waals surface area contributed by atoms with Gasteiger partial charge in [0.2, 0.25) is 5.91 Å². The highest BCUT2D eigenvalue weighted by atomic mass is 16.3. The number of aromatic hydroxyl groups is 1. The molecule has 0 aromatic heterocycles. The van der Waals surface area contributed by atoms with Crippen LogP contribution >= 0.6 is 0 Å². The van der Waals surface area contributed by atoms with E-state index in [1.165, 1.54) is 11.1 Å². The van der Waals surface area contributed by atoms with Crippen molar-refractivity contribution in [3.05, 3.63) is 65.2 Å². The fourth-order valence-corrected chi connectivity index (χ4v) is 5.65. The van der Waals surface area contributed by atoms with Crippen molar-refractivity contribution in [2.24, 2.45) is 5.92 Å². The quantitative estimate of drug-likeness (QED) is 0.778. The van der Waals surface area contributed by atoms with Crippen molar-refractivity contribution in [3.63, 3.8) is 0 Å². The molecule has 0 radical (unpaired) electrons. The Morgan fingerprint density at radius 1 is 1.16 bits per heavy atom. The Morgan fingerprint density at radius 2 is 2.00 bits per heavy atom. The predicted molar refractivity (Wildman–Crippen MR) is 117 cm³/mol. The van der Waals surface area contributed by atoms with Gasteiger partial charge >= 0.3 is 6.03 Å². The van der Waals surface area contributed by atoms with Gasteiger partial charge in [0.15, 0.2) is 0 Å². The van der Waals surface area contributed by atoms with E-state index < -0.39 is 0 Å². The van der Waals surface area contributed by atoms with Gasteiger partial charge in [0.1, 0.15) is 5.75 Å². The summed E-state index contributed by atoms with van der Waals surface area (Å²) in [5, 5.41) is 12.8. The third-order valence-electron chi connectivity index (χ3n) is 7.23. The Balaban J connectivity index is 1.37. The summed E-state index contributed by atoms with van der Waals surface area (Å²) in [6.45, 7) is 3.35. The van der Waals surface area contributed by atoms with E-state index in [1.807, 2.05) is 24.0 Å². The molecule has 3 aliphatic rings. The first kappa shape index (κ1) is 19.9. The molecule has 2 fully saturated rings. The molecule has 0 bridgehead atoms. The molecule has 0 spiro atoms. The van der Waals surface area contributed by atoms with Crippen LogP contribution in [0.2, 0.25) is 0 Å². The molecule has 6 nitrogen and oxygen atoms in total. The number of urea groups is 1. The van der Waals surface area contributed by atoms with Gasteiger partial charge in [-0.3, -0.25) is 4.79 Å². The predicted octanol–water partition coefficient (Wildman–Crippen LogP) is 3.77. The van der Waals surface area contributed by atoms with Gasteiger partial charge in [-0.2, -0.15) is 0 Å². The summed E-state index contributed by atoms with van der Waals surface area (Å²) in [6.07, 6.45) is 3.39. The van der Waals surface area contributed by atoms with Crippen molar-refractivity contribution in [3.8, 4) is 5.75 Å². The molecule has 0 aliphatic carbocycles. The van der Waals surface area contributed by atoms with Gasteiger partial charge in [0, 0.05) is 19.1 Å². The summed E-state index contributed by atoms with van der Waals surface area (Å²) in [4.78, 5) is 30.6. The van der Waals surface area contributed by atoms with Crippen LogP contribution in [0, 0.1) is 5.92 Å². The molecular weight excluding hydrogens is 390 g/mol. The smallest absolute Gasteiger partial charge is 0.318 e. The molecule has 162 valence electrons. The number of nitrogens with one attached hydrogen (secondary N) is 1. The van der Waals surface area contributed by atoms with Gasteiger partial charge in [-0.1, -0.05) is 36.4 Å². The standard InChI is InChI=1S/C25H29N3O3/c1-16(18-7-4-8-19(29)14-18)26-25(31)28-12-5-10-21-23(28)15-22-20-9-3-2-6-17(20)11-13-27(22)24(21)30/h2-4,6-9,14,16,21-23,29H,5,10-13,15H2,1H3,(H,26,31)/t16-,21-,22+,23-/m1/s1. The van der Waals surface area contributed by atoms with E-state index in [2.05, 4.69) is 28.4 Å². The van der Waals surface area contributed by atoms with Gasteiger partial charge in [0.25, 0.3) is 0 Å². The lowest BCUT2D eigenvalue weighted by molar-refractivity contribution is -0.148. The summed E-state index contributed by atoms with van der Waals surface area (Å²) < 4.78 is 0. The highest BCUT2D eigenvalue weighted by molar-refractivity contribution is 5.83. The molecule has 0 saturated carbocycles. The Morgan fingerprint density at radius 3 is 2.84 bits per heavy atom. The van der Waals surface area contributed by atoms with E-state index in [9.17, 15) is 14.7 Å². The largest absolute Gasteiger partial charge is 0.508 e. The molecule has 3 amide bonds. The van der Waals surface area contributed by atoms with E-state index in [1.54, 1.807) is 18.2 Å². The molecule has 6 heteroatoms. The van der Waals surface area contributed by atoms with Gasteiger partial charge in [0.05, 0.1) is 18.0 Å². The maximum absolute atomic E-state index is 13.4. The van der Waals surface area contributed by atoms with Crippen LogP contribution in [0.15, 0.2) is 48.5 Å². The maximum Gasteiger partial charge on any atom is 0.318 e. The number of hydrogen-bond donors (Lipinski definition) is 2. The average Bonchev–Trinajstić information content (AvgIpc) is 2.78. The van der Waals surface area contributed by atoms with E-state index >= 15 is 0 Å². The SMILES string of the molecule is C[C@@H](NC(=O)N1CCC[C@H]2C(=O)N3CCc4ccccc4[C@@H]3C[C@H]21)c1cccc(O)c1. The van der Waals surface area contributed by atoms with Crippen molar-refractivity contribution in [1.29, 1.82) is 0 Å². The minimum atomic E-state index is -0.230. The Labute approximate surface area is 182 Å². The molecule has 2 aromatic carbocycles. The summed E-state index contributed by atoms with van der Waals surface area (Å²) >= 11 is 0. The number of nitrogens with zero attached hydrogens (tertiary/aromatic N) is 2. The van der Waals surface area contributed by atoms with Gasteiger partial charge in [-0.05, 0) is 61.4 Å². The van der Waals surface area contributed by atoms with E-state index in [0.29, 0.717) is 6.54 Å². The molecule has 5 rings (SSSR count). The molecule has 31 heavy (non-hydrogen) atoms. The Bertz CT molecular complexity index is 1010. The van der Waals surface area contributed by atoms with Crippen LogP contribution in [-0.2, 0) is 11.2 Å². The number of fused-ring (bicyclic) bond motifs is 4. The zero-order chi connectivity index (χ0) is 21.5. The summed E-state index contributed by atoms with van der Waals surface area (Å²) in [5.41, 5.74) is 3.41. The van der Waals surface area contributed by atoms with Crippen LogP contribution in [0.25, 0.3) is 0 Å². The first-order valence-electron chi connectivity index (χ1n) is 11.3. The summed E-state index contributed by atoms with van der Waals surface area (Å²) in [5.74, 6) is 0.275. The van der Waals surface area contributed by atoms with Crippen LogP contribution in [0.4, 0.5) is 4.79 Å². The van der Waals surface area contributed by atoms with Crippen LogP contribution in [0.1, 0.15) is 55.0 Å². The van der Waals surface area contributed by atoms with Crippen LogP contribution in [-0.4, -0.2) is 46.0 Å². The monoisotopic (exact) mass is 419 g/mol. The van der Waals surface area contributed by atoms with Crippen molar-refractivity contribution in [1.82, 2.24) is 15.1 Å². The van der Waals surface area contributed by atoms with Gasteiger partial charge in [-0.15, -0.1) is 0 Å². The number of carbonyl (C=O) groups is 2. The first-order chi connectivity index (χ1) is 15.0. The van der Waals surface area contributed by atoms with E-state index in [0.717, 1.165) is 37.8 Å². The minimum absolute atomic E-state index is 0.0515. The second-order valence-corrected chi connectivity index (χ2v) is 9.01. The molecular formula is C25H29N3O3. The van der Waals surface area contributed by atoms with E-state index in [-0.39, 0.29) is 41.7 Å². The highest BCUT2D eigenvalue weighted by Crippen LogP contribution is 2.43. The fraction of sp³-hybridized carbons (Fsp3) is 0.440. The molecule has 2 saturated heterocycles. The number of likely N-dealkylation sites (tertiary alicyclic amines) is 1. The van der Waals surface area contributed by atoms with Gasteiger partial charge in [-0.25, -0.2) is 4.79 Å². The summed E-state index contributed by atoms with van der Waals surface area (Å²) in [7, 11) is 0. The average molecular weight is 420 g/mol. The zero-order valence-electron chi connectivity index (χ0n) is 17.8. The molecule has 3 aliphatic heterocycles.